The molecule has 0 aliphatic carbocycles. The summed E-state index contributed by atoms with van der Waals surface area (Å²) in [7, 11) is 0. The van der Waals surface area contributed by atoms with Gasteiger partial charge in [-0.15, -0.1) is 0 Å². The van der Waals surface area contributed by atoms with E-state index in [1.54, 1.807) is 12.1 Å². The smallest absolute Gasteiger partial charge is 0.140 e. The first-order valence-electron chi connectivity index (χ1n) is 6.99. The van der Waals surface area contributed by atoms with E-state index in [2.05, 4.69) is 4.90 Å². The number of fused-ring (bicyclic) bond motifs is 1. The normalized spacial score (nSPS) is 13.6. The highest BCUT2D eigenvalue weighted by Crippen LogP contribution is 2.30. The van der Waals surface area contributed by atoms with Gasteiger partial charge >= 0.3 is 0 Å². The Bertz CT molecular complexity index is 718. The number of hydrogen-bond donors (Lipinski definition) is 1. The fourth-order valence-corrected chi connectivity index (χ4v) is 2.84. The Morgan fingerprint density at radius 1 is 1.24 bits per heavy atom. The second-order valence-corrected chi connectivity index (χ2v) is 5.34. The van der Waals surface area contributed by atoms with Gasteiger partial charge in [0.05, 0.1) is 5.56 Å². The Balaban J connectivity index is 1.89. The highest BCUT2D eigenvalue weighted by molar-refractivity contribution is 5.61. The molecule has 3 rings (SSSR count). The van der Waals surface area contributed by atoms with Crippen LogP contribution in [0.25, 0.3) is 0 Å². The first-order chi connectivity index (χ1) is 10.2. The van der Waals surface area contributed by atoms with Crippen molar-refractivity contribution >= 4 is 11.4 Å². The number of nitrogens with two attached hydrogens (primary N) is 1. The van der Waals surface area contributed by atoms with E-state index in [0.29, 0.717) is 6.54 Å². The standard InChI is InChI=1S/C17H16FN3/c18-16-5-3-12(8-14(16)10-19)11-21-7-1-2-13-9-15(20)4-6-17(13)21/h3-6,8-9H,1-2,7,11,20H2. The monoisotopic (exact) mass is 281 g/mol. The number of halogens is 1. The Labute approximate surface area is 123 Å². The number of rotatable bonds is 2. The van der Waals surface area contributed by atoms with Crippen LogP contribution in [-0.2, 0) is 13.0 Å². The lowest BCUT2D eigenvalue weighted by atomic mass is 10.00. The number of nitriles is 1. The highest BCUT2D eigenvalue weighted by atomic mass is 19.1. The SMILES string of the molecule is N#Cc1cc(CN2CCCc3cc(N)ccc32)ccc1F. The first-order valence-corrected chi connectivity index (χ1v) is 6.99. The van der Waals surface area contributed by atoms with E-state index in [0.717, 1.165) is 30.6 Å². The maximum Gasteiger partial charge on any atom is 0.140 e. The molecule has 0 spiro atoms. The minimum atomic E-state index is -0.465. The third-order valence-electron chi connectivity index (χ3n) is 3.84. The molecule has 0 amide bonds. The molecule has 21 heavy (non-hydrogen) atoms. The average molecular weight is 281 g/mol. The molecule has 1 aliphatic rings. The summed E-state index contributed by atoms with van der Waals surface area (Å²) in [5.41, 5.74) is 10.1. The molecule has 0 radical (unpaired) electrons. The number of nitrogens with zero attached hydrogens (tertiary/aromatic N) is 2. The molecule has 2 aromatic carbocycles. The van der Waals surface area contributed by atoms with Crippen molar-refractivity contribution in [2.45, 2.75) is 19.4 Å². The zero-order valence-electron chi connectivity index (χ0n) is 11.6. The number of hydrogen-bond acceptors (Lipinski definition) is 3. The Morgan fingerprint density at radius 2 is 2.10 bits per heavy atom. The first kappa shape index (κ1) is 13.4. The molecule has 106 valence electrons. The summed E-state index contributed by atoms with van der Waals surface area (Å²) < 4.78 is 13.4. The lowest BCUT2D eigenvalue weighted by molar-refractivity contribution is 0.622. The quantitative estimate of drug-likeness (QED) is 0.860. The number of benzene rings is 2. The summed E-state index contributed by atoms with van der Waals surface area (Å²) in [5.74, 6) is -0.465. The maximum absolute atomic E-state index is 13.4. The van der Waals surface area contributed by atoms with Crippen LogP contribution in [-0.4, -0.2) is 6.54 Å². The van der Waals surface area contributed by atoms with Crippen molar-refractivity contribution in [2.75, 3.05) is 17.2 Å². The van der Waals surface area contributed by atoms with Gasteiger partial charge in [0, 0.05) is 24.5 Å². The van der Waals surface area contributed by atoms with Gasteiger partial charge in [-0.2, -0.15) is 5.26 Å². The van der Waals surface area contributed by atoms with Gasteiger partial charge in [0.1, 0.15) is 11.9 Å². The molecule has 4 heteroatoms. The van der Waals surface area contributed by atoms with Gasteiger partial charge < -0.3 is 10.6 Å². The van der Waals surface area contributed by atoms with Crippen molar-refractivity contribution in [1.82, 2.24) is 0 Å². The fraction of sp³-hybridized carbons (Fsp3) is 0.235. The minimum Gasteiger partial charge on any atom is -0.399 e. The molecule has 0 fully saturated rings. The zero-order chi connectivity index (χ0) is 14.8. The van der Waals surface area contributed by atoms with E-state index >= 15 is 0 Å². The molecule has 0 atom stereocenters. The molecule has 1 heterocycles. The van der Waals surface area contributed by atoms with Gasteiger partial charge in [0.15, 0.2) is 0 Å². The number of nitrogen functional groups attached to an aromatic ring is 1. The maximum atomic E-state index is 13.4. The summed E-state index contributed by atoms with van der Waals surface area (Å²) in [5, 5.41) is 8.92. The molecule has 2 aromatic rings. The molecule has 3 nitrogen and oxygen atoms in total. The second-order valence-electron chi connectivity index (χ2n) is 5.34. The largest absolute Gasteiger partial charge is 0.399 e. The van der Waals surface area contributed by atoms with Crippen molar-refractivity contribution in [1.29, 1.82) is 5.26 Å². The van der Waals surface area contributed by atoms with E-state index in [-0.39, 0.29) is 5.56 Å². The lowest BCUT2D eigenvalue weighted by Gasteiger charge is -2.31. The highest BCUT2D eigenvalue weighted by Gasteiger charge is 2.17. The van der Waals surface area contributed by atoms with E-state index in [9.17, 15) is 4.39 Å². The Morgan fingerprint density at radius 3 is 2.90 bits per heavy atom. The minimum absolute atomic E-state index is 0.0991. The van der Waals surface area contributed by atoms with Crippen LogP contribution in [0.3, 0.4) is 0 Å². The van der Waals surface area contributed by atoms with Gasteiger partial charge in [-0.1, -0.05) is 6.07 Å². The predicted molar refractivity (Wildman–Crippen MR) is 81.3 cm³/mol. The van der Waals surface area contributed by atoms with Crippen LogP contribution in [0.15, 0.2) is 36.4 Å². The van der Waals surface area contributed by atoms with Crippen molar-refractivity contribution in [3.05, 3.63) is 58.9 Å². The van der Waals surface area contributed by atoms with Crippen LogP contribution in [0.2, 0.25) is 0 Å². The fourth-order valence-electron chi connectivity index (χ4n) is 2.84. The van der Waals surface area contributed by atoms with Crippen LogP contribution in [0.4, 0.5) is 15.8 Å². The molecule has 0 unspecified atom stereocenters. The number of anilines is 2. The third-order valence-corrected chi connectivity index (χ3v) is 3.84. The molecule has 0 aromatic heterocycles. The predicted octanol–water partition coefficient (Wildman–Crippen LogP) is 3.23. The average Bonchev–Trinajstić information content (AvgIpc) is 2.49. The van der Waals surface area contributed by atoms with E-state index in [1.807, 2.05) is 24.3 Å². The second kappa shape index (κ2) is 5.45. The molecule has 1 aliphatic heterocycles. The van der Waals surface area contributed by atoms with Crippen LogP contribution < -0.4 is 10.6 Å². The summed E-state index contributed by atoms with van der Waals surface area (Å²) in [6.07, 6.45) is 2.10. The van der Waals surface area contributed by atoms with Crippen molar-refractivity contribution in [2.24, 2.45) is 0 Å². The van der Waals surface area contributed by atoms with Crippen LogP contribution in [0.5, 0.6) is 0 Å². The van der Waals surface area contributed by atoms with Crippen LogP contribution in [0, 0.1) is 17.1 Å². The molecule has 2 N–H and O–H groups in total. The van der Waals surface area contributed by atoms with Gasteiger partial charge in [-0.25, -0.2) is 4.39 Å². The number of aryl methyl sites for hydroxylation is 1. The van der Waals surface area contributed by atoms with Crippen molar-refractivity contribution in [3.63, 3.8) is 0 Å². The van der Waals surface area contributed by atoms with Crippen molar-refractivity contribution < 1.29 is 4.39 Å². The molecule has 0 bridgehead atoms. The van der Waals surface area contributed by atoms with Gasteiger partial charge in [-0.3, -0.25) is 0 Å². The molecule has 0 saturated carbocycles. The van der Waals surface area contributed by atoms with E-state index < -0.39 is 5.82 Å². The lowest BCUT2D eigenvalue weighted by Crippen LogP contribution is -2.28. The van der Waals surface area contributed by atoms with E-state index in [4.69, 9.17) is 11.0 Å². The summed E-state index contributed by atoms with van der Waals surface area (Å²) in [6, 6.07) is 12.6. The molecular formula is C17H16FN3. The van der Waals surface area contributed by atoms with Gasteiger partial charge in [-0.05, 0) is 54.3 Å². The van der Waals surface area contributed by atoms with Gasteiger partial charge in [0.2, 0.25) is 0 Å². The molecule has 0 saturated heterocycles. The zero-order valence-corrected chi connectivity index (χ0v) is 11.6. The summed E-state index contributed by atoms with van der Waals surface area (Å²) >= 11 is 0. The van der Waals surface area contributed by atoms with Crippen LogP contribution in [0.1, 0.15) is 23.1 Å². The Kier molecular flexibility index (Phi) is 3.49. The third kappa shape index (κ3) is 2.68. The summed E-state index contributed by atoms with van der Waals surface area (Å²) in [4.78, 5) is 2.26. The van der Waals surface area contributed by atoms with Gasteiger partial charge in [0.25, 0.3) is 0 Å². The van der Waals surface area contributed by atoms with Crippen LogP contribution >= 0.6 is 0 Å². The molecular weight excluding hydrogens is 265 g/mol. The summed E-state index contributed by atoms with van der Waals surface area (Å²) in [6.45, 7) is 1.63. The van der Waals surface area contributed by atoms with E-state index in [1.165, 1.54) is 17.3 Å². The topological polar surface area (TPSA) is 53.0 Å². The Hall–Kier alpha value is -2.54. The van der Waals surface area contributed by atoms with Crippen molar-refractivity contribution in [3.8, 4) is 6.07 Å².